The zero-order valence-electron chi connectivity index (χ0n) is 15.1. The molecule has 1 aromatic heterocycles. The molecule has 1 N–H and O–H groups in total. The number of rotatable bonds is 6. The van der Waals surface area contributed by atoms with Gasteiger partial charge in [-0.25, -0.2) is 5.43 Å². The topological polar surface area (TPSA) is 59.3 Å². The fraction of sp³-hybridized carbons (Fsp3) is 0.0952. The summed E-state index contributed by atoms with van der Waals surface area (Å²) in [7, 11) is 0. The summed E-state index contributed by atoms with van der Waals surface area (Å²) >= 11 is 9.29. The number of hydrogen-bond acceptors (Lipinski definition) is 3. The third-order valence-corrected chi connectivity index (χ3v) is 4.67. The summed E-state index contributed by atoms with van der Waals surface area (Å²) in [6.45, 7) is 2.35. The molecular weight excluding hydrogens is 440 g/mol. The predicted octanol–water partition coefficient (Wildman–Crippen LogP) is 5.17. The smallest absolute Gasteiger partial charge is 0.266 e. The Labute approximate surface area is 176 Å². The zero-order chi connectivity index (χ0) is 19.9. The number of allylic oxidation sites excluding steroid dienone is 1. The molecule has 0 aliphatic carbocycles. The van der Waals surface area contributed by atoms with E-state index in [1.807, 2.05) is 73.7 Å². The fourth-order valence-corrected chi connectivity index (χ4v) is 3.04. The molecular formula is C21H18BrClN4O. The Bertz CT molecular complexity index is 1010. The fourth-order valence-electron chi connectivity index (χ4n) is 2.42. The van der Waals surface area contributed by atoms with E-state index >= 15 is 0 Å². The first-order chi connectivity index (χ1) is 13.5. The van der Waals surface area contributed by atoms with Crippen molar-refractivity contribution < 1.29 is 4.79 Å². The number of aromatic nitrogens is 2. The minimum Gasteiger partial charge on any atom is -0.266 e. The molecule has 7 heteroatoms. The van der Waals surface area contributed by atoms with E-state index in [1.54, 1.807) is 10.9 Å². The van der Waals surface area contributed by atoms with Crippen molar-refractivity contribution in [1.82, 2.24) is 15.2 Å². The van der Waals surface area contributed by atoms with Crippen molar-refractivity contribution in [3.8, 4) is 0 Å². The lowest BCUT2D eigenvalue weighted by molar-refractivity contribution is 0.0948. The number of hydrazone groups is 1. The lowest BCUT2D eigenvalue weighted by atomic mass is 10.2. The molecule has 0 fully saturated rings. The van der Waals surface area contributed by atoms with E-state index in [1.165, 1.54) is 0 Å². The Kier molecular flexibility index (Phi) is 6.79. The van der Waals surface area contributed by atoms with Crippen LogP contribution in [0.25, 0.3) is 6.08 Å². The Balaban J connectivity index is 1.63. The van der Waals surface area contributed by atoms with Crippen LogP contribution in [0.2, 0.25) is 5.02 Å². The van der Waals surface area contributed by atoms with Gasteiger partial charge in [0.1, 0.15) is 0 Å². The second-order valence-corrected chi connectivity index (χ2v) is 7.38. The average Bonchev–Trinajstić information content (AvgIpc) is 3.07. The highest BCUT2D eigenvalue weighted by molar-refractivity contribution is 9.10. The van der Waals surface area contributed by atoms with Gasteiger partial charge >= 0.3 is 0 Å². The van der Waals surface area contributed by atoms with Crippen LogP contribution in [0.4, 0.5) is 0 Å². The van der Waals surface area contributed by atoms with Gasteiger partial charge in [-0.3, -0.25) is 9.48 Å². The molecule has 0 saturated heterocycles. The Morgan fingerprint density at radius 3 is 2.64 bits per heavy atom. The van der Waals surface area contributed by atoms with E-state index in [0.717, 1.165) is 11.1 Å². The molecule has 1 amide bonds. The maximum Gasteiger partial charge on any atom is 0.293 e. The van der Waals surface area contributed by atoms with Crippen LogP contribution in [0.15, 0.2) is 76.4 Å². The third kappa shape index (κ3) is 5.65. The number of hydrogen-bond donors (Lipinski definition) is 1. The molecule has 0 radical (unpaired) electrons. The summed E-state index contributed by atoms with van der Waals surface area (Å²) in [6, 6.07) is 17.4. The van der Waals surface area contributed by atoms with Crippen LogP contribution < -0.4 is 5.43 Å². The van der Waals surface area contributed by atoms with Crippen LogP contribution in [-0.4, -0.2) is 21.4 Å². The molecule has 3 aromatic rings. The molecule has 142 valence electrons. The second kappa shape index (κ2) is 9.48. The van der Waals surface area contributed by atoms with Gasteiger partial charge in [0, 0.05) is 11.2 Å². The van der Waals surface area contributed by atoms with Gasteiger partial charge in [-0.2, -0.15) is 10.2 Å². The number of nitrogens with zero attached hydrogens (tertiary/aromatic N) is 3. The molecule has 0 saturated carbocycles. The van der Waals surface area contributed by atoms with Crippen molar-refractivity contribution in [3.05, 3.63) is 93.2 Å². The van der Waals surface area contributed by atoms with E-state index < -0.39 is 0 Å². The lowest BCUT2D eigenvalue weighted by Gasteiger charge is -2.02. The quantitative estimate of drug-likeness (QED) is 0.410. The van der Waals surface area contributed by atoms with Crippen molar-refractivity contribution in [2.75, 3.05) is 0 Å². The van der Waals surface area contributed by atoms with Crippen LogP contribution >= 0.6 is 27.5 Å². The van der Waals surface area contributed by atoms with Gasteiger partial charge in [-0.15, -0.1) is 0 Å². The van der Waals surface area contributed by atoms with Crippen LogP contribution in [0.3, 0.4) is 0 Å². The molecule has 5 nitrogen and oxygen atoms in total. The van der Waals surface area contributed by atoms with Crippen LogP contribution in [-0.2, 0) is 6.54 Å². The number of halogens is 2. The zero-order valence-corrected chi connectivity index (χ0v) is 17.5. The van der Waals surface area contributed by atoms with Gasteiger partial charge in [-0.1, -0.05) is 60.1 Å². The molecule has 0 spiro atoms. The maximum atomic E-state index is 12.4. The standard InChI is InChI=1S/C21H18BrClN4O/c1-15(7-8-16-5-3-2-4-6-16)24-25-21(28)20-19(22)14-27(26-20)13-17-9-11-18(23)12-10-17/h2-12,14H,13H2,1H3,(H,25,28)/b8-7+,24-15+. The molecule has 28 heavy (non-hydrogen) atoms. The van der Waals surface area contributed by atoms with Gasteiger partial charge in [0.2, 0.25) is 0 Å². The average molecular weight is 458 g/mol. The van der Waals surface area contributed by atoms with Crippen molar-refractivity contribution >= 4 is 45.2 Å². The van der Waals surface area contributed by atoms with Gasteiger partial charge in [0.05, 0.1) is 16.7 Å². The number of nitrogens with one attached hydrogen (secondary N) is 1. The lowest BCUT2D eigenvalue weighted by Crippen LogP contribution is -2.20. The molecule has 0 aliphatic rings. The number of carbonyl (C=O) groups is 1. The highest BCUT2D eigenvalue weighted by Crippen LogP contribution is 2.17. The van der Waals surface area contributed by atoms with Crippen molar-refractivity contribution in [3.63, 3.8) is 0 Å². The molecule has 0 aliphatic heterocycles. The van der Waals surface area contributed by atoms with Crippen LogP contribution in [0.1, 0.15) is 28.5 Å². The summed E-state index contributed by atoms with van der Waals surface area (Å²) in [4.78, 5) is 12.4. The molecule has 2 aromatic carbocycles. The van der Waals surface area contributed by atoms with E-state index in [9.17, 15) is 4.79 Å². The number of carbonyl (C=O) groups excluding carboxylic acids is 1. The first-order valence-electron chi connectivity index (χ1n) is 8.56. The monoisotopic (exact) mass is 456 g/mol. The summed E-state index contributed by atoms with van der Waals surface area (Å²) < 4.78 is 2.29. The van der Waals surface area contributed by atoms with Crippen molar-refractivity contribution in [2.45, 2.75) is 13.5 Å². The Hall–Kier alpha value is -2.70. The van der Waals surface area contributed by atoms with Gasteiger partial charge in [0.25, 0.3) is 5.91 Å². The summed E-state index contributed by atoms with van der Waals surface area (Å²) in [5, 5.41) is 9.12. The predicted molar refractivity (Wildman–Crippen MR) is 117 cm³/mol. The molecule has 3 rings (SSSR count). The maximum absolute atomic E-state index is 12.4. The van der Waals surface area contributed by atoms with Gasteiger partial charge < -0.3 is 0 Å². The SMILES string of the molecule is CC(/C=C/c1ccccc1)=N\NC(=O)c1nn(Cc2ccc(Cl)cc2)cc1Br. The second-order valence-electron chi connectivity index (χ2n) is 6.09. The highest BCUT2D eigenvalue weighted by Gasteiger charge is 2.15. The van der Waals surface area contributed by atoms with E-state index in [-0.39, 0.29) is 11.6 Å². The summed E-state index contributed by atoms with van der Waals surface area (Å²) in [5.41, 5.74) is 5.58. The minimum absolute atomic E-state index is 0.276. The minimum atomic E-state index is -0.380. The Morgan fingerprint density at radius 2 is 1.93 bits per heavy atom. The van der Waals surface area contributed by atoms with Crippen LogP contribution in [0.5, 0.6) is 0 Å². The first-order valence-corrected chi connectivity index (χ1v) is 9.73. The molecule has 0 bridgehead atoms. The molecule has 0 unspecified atom stereocenters. The van der Waals surface area contributed by atoms with Crippen molar-refractivity contribution in [2.24, 2.45) is 5.10 Å². The van der Waals surface area contributed by atoms with Crippen LogP contribution in [0, 0.1) is 0 Å². The molecule has 0 atom stereocenters. The largest absolute Gasteiger partial charge is 0.293 e. The third-order valence-electron chi connectivity index (χ3n) is 3.84. The normalized spacial score (nSPS) is 11.8. The number of benzene rings is 2. The number of amides is 1. The van der Waals surface area contributed by atoms with Gasteiger partial charge in [-0.05, 0) is 52.2 Å². The van der Waals surface area contributed by atoms with E-state index in [2.05, 4.69) is 31.6 Å². The highest BCUT2D eigenvalue weighted by atomic mass is 79.9. The Morgan fingerprint density at radius 1 is 1.21 bits per heavy atom. The van der Waals surface area contributed by atoms with E-state index in [4.69, 9.17) is 11.6 Å². The molecule has 1 heterocycles. The van der Waals surface area contributed by atoms with Gasteiger partial charge in [0.15, 0.2) is 5.69 Å². The summed E-state index contributed by atoms with van der Waals surface area (Å²) in [6.07, 6.45) is 5.53. The van der Waals surface area contributed by atoms with E-state index in [0.29, 0.717) is 21.8 Å². The van der Waals surface area contributed by atoms with Crippen molar-refractivity contribution in [1.29, 1.82) is 0 Å². The first kappa shape index (κ1) is 20.0. The summed E-state index contributed by atoms with van der Waals surface area (Å²) in [5.74, 6) is -0.380.